The molecule has 22 heavy (non-hydrogen) atoms. The molecule has 1 aromatic rings. The molecule has 120 valence electrons. The van der Waals surface area contributed by atoms with Gasteiger partial charge in [-0.3, -0.25) is 0 Å². The van der Waals surface area contributed by atoms with Crippen molar-refractivity contribution in [1.29, 1.82) is 0 Å². The number of nitrogens with zero attached hydrogens (tertiary/aromatic N) is 1. The highest BCUT2D eigenvalue weighted by molar-refractivity contribution is 6.66. The average molecular weight is 442 g/mol. The highest BCUT2D eigenvalue weighted by atomic mass is 35.5. The lowest BCUT2D eigenvalue weighted by molar-refractivity contribution is 0.420. The van der Waals surface area contributed by atoms with Crippen LogP contribution in [0.4, 0.5) is 0 Å². The molecule has 0 aliphatic heterocycles. The van der Waals surface area contributed by atoms with Gasteiger partial charge in [-0.2, -0.15) is 0 Å². The van der Waals surface area contributed by atoms with E-state index in [-0.39, 0.29) is 27.3 Å². The standard InChI is InChI=1S/C10H5Cl7.C3H3NO/c11-4-2-1-3-5(4)9(15)7(13)6(12)8(3,14)10(9,16)17;1-2-5-3-4-1/h1-5H;1-3H. The van der Waals surface area contributed by atoms with Crippen LogP contribution in [-0.2, 0) is 0 Å². The van der Waals surface area contributed by atoms with Crippen LogP contribution in [0, 0.1) is 11.8 Å². The summed E-state index contributed by atoms with van der Waals surface area (Å²) in [5.74, 6) is -0.470. The molecule has 0 saturated heterocycles. The van der Waals surface area contributed by atoms with Gasteiger partial charge in [0.25, 0.3) is 0 Å². The average Bonchev–Trinajstić information content (AvgIpc) is 3.18. The Balaban J connectivity index is 0.000000246. The van der Waals surface area contributed by atoms with Gasteiger partial charge in [-0.25, -0.2) is 4.98 Å². The van der Waals surface area contributed by atoms with E-state index in [1.165, 1.54) is 12.7 Å². The minimum Gasteiger partial charge on any atom is -0.452 e. The number of hydrogen-bond acceptors (Lipinski definition) is 2. The van der Waals surface area contributed by atoms with Gasteiger partial charge in [0.15, 0.2) is 10.7 Å². The lowest BCUT2D eigenvalue weighted by Gasteiger charge is -2.34. The highest BCUT2D eigenvalue weighted by Gasteiger charge is 2.83. The molecule has 0 spiro atoms. The molecule has 1 heterocycles. The SMILES string of the molecule is ClC1=C(Cl)C2(Cl)C3C(Cl)C=CC3C1(Cl)C2(Cl)Cl.c1cocn1. The molecule has 0 aromatic carbocycles. The first-order valence-corrected chi connectivity index (χ1v) is 8.87. The minimum absolute atomic E-state index is 0.205. The Labute approximate surface area is 162 Å². The van der Waals surface area contributed by atoms with Crippen molar-refractivity contribution in [2.24, 2.45) is 11.8 Å². The van der Waals surface area contributed by atoms with E-state index in [1.807, 2.05) is 12.2 Å². The van der Waals surface area contributed by atoms with Gasteiger partial charge in [-0.05, 0) is 0 Å². The summed E-state index contributed by atoms with van der Waals surface area (Å²) in [5.41, 5.74) is 0. The molecule has 2 nitrogen and oxygen atoms in total. The van der Waals surface area contributed by atoms with Crippen molar-refractivity contribution in [1.82, 2.24) is 4.98 Å². The van der Waals surface area contributed by atoms with Gasteiger partial charge in [0.1, 0.15) is 16.0 Å². The second-order valence-electron chi connectivity index (χ2n) is 5.18. The molecule has 1 fully saturated rings. The van der Waals surface area contributed by atoms with E-state index >= 15 is 0 Å². The van der Waals surface area contributed by atoms with Crippen LogP contribution in [0.1, 0.15) is 0 Å². The maximum Gasteiger partial charge on any atom is 0.180 e. The van der Waals surface area contributed by atoms with Crippen molar-refractivity contribution in [3.05, 3.63) is 41.1 Å². The first kappa shape index (κ1) is 17.5. The number of halogens is 7. The van der Waals surface area contributed by atoms with Gasteiger partial charge in [0, 0.05) is 11.8 Å². The van der Waals surface area contributed by atoms with Crippen LogP contribution in [0.15, 0.2) is 45.5 Å². The molecule has 2 bridgehead atoms. The summed E-state index contributed by atoms with van der Waals surface area (Å²) in [7, 11) is 0. The summed E-state index contributed by atoms with van der Waals surface area (Å²) in [4.78, 5) is 1.11. The number of oxazole rings is 1. The zero-order valence-electron chi connectivity index (χ0n) is 10.6. The molecule has 3 aliphatic carbocycles. The van der Waals surface area contributed by atoms with Crippen LogP contribution in [0.25, 0.3) is 0 Å². The molecule has 1 saturated carbocycles. The summed E-state index contributed by atoms with van der Waals surface area (Å²) in [6, 6.07) is 0. The van der Waals surface area contributed by atoms with E-state index in [0.29, 0.717) is 0 Å². The van der Waals surface area contributed by atoms with Gasteiger partial charge < -0.3 is 4.42 Å². The maximum atomic E-state index is 6.57. The van der Waals surface area contributed by atoms with Crippen molar-refractivity contribution in [3.63, 3.8) is 0 Å². The van der Waals surface area contributed by atoms with Gasteiger partial charge in [-0.15, -0.1) is 34.8 Å². The van der Waals surface area contributed by atoms with E-state index in [1.54, 1.807) is 6.20 Å². The van der Waals surface area contributed by atoms with Crippen molar-refractivity contribution in [2.75, 3.05) is 0 Å². The van der Waals surface area contributed by atoms with E-state index in [0.717, 1.165) is 0 Å². The minimum atomic E-state index is -1.48. The number of hydrogen-bond donors (Lipinski definition) is 0. The van der Waals surface area contributed by atoms with Crippen LogP contribution in [-0.4, -0.2) is 24.4 Å². The predicted molar refractivity (Wildman–Crippen MR) is 92.6 cm³/mol. The third-order valence-corrected chi connectivity index (χ3v) is 8.95. The number of fused-ring (bicyclic) bond motifs is 5. The molecule has 0 amide bonds. The van der Waals surface area contributed by atoms with Crippen molar-refractivity contribution < 1.29 is 4.42 Å². The number of allylic oxidation sites excluding steroid dienone is 4. The fraction of sp³-hybridized carbons (Fsp3) is 0.462. The Morgan fingerprint density at radius 2 is 1.64 bits per heavy atom. The normalized spacial score (nSPS) is 44.0. The molecular formula is C13H8Cl7NO. The Kier molecular flexibility index (Phi) is 4.48. The quantitative estimate of drug-likeness (QED) is 0.369. The van der Waals surface area contributed by atoms with E-state index in [9.17, 15) is 0 Å². The molecule has 4 rings (SSSR count). The Bertz CT molecular complexity index is 626. The van der Waals surface area contributed by atoms with Crippen LogP contribution in [0.3, 0.4) is 0 Å². The number of rotatable bonds is 0. The van der Waals surface area contributed by atoms with Crippen molar-refractivity contribution in [3.8, 4) is 0 Å². The molecular weight excluding hydrogens is 434 g/mol. The van der Waals surface area contributed by atoms with Crippen LogP contribution in [0.2, 0.25) is 0 Å². The van der Waals surface area contributed by atoms with Gasteiger partial charge in [-0.1, -0.05) is 58.6 Å². The first-order chi connectivity index (χ1) is 10.2. The predicted octanol–water partition coefficient (Wildman–Crippen LogP) is 5.92. The second-order valence-corrected chi connectivity index (χ2v) is 8.96. The van der Waals surface area contributed by atoms with Crippen molar-refractivity contribution >= 4 is 81.2 Å². The van der Waals surface area contributed by atoms with E-state index < -0.39 is 14.1 Å². The molecule has 0 N–H and O–H groups in total. The maximum absolute atomic E-state index is 6.57. The Morgan fingerprint density at radius 3 is 2.14 bits per heavy atom. The van der Waals surface area contributed by atoms with Crippen LogP contribution in [0.5, 0.6) is 0 Å². The largest absolute Gasteiger partial charge is 0.452 e. The third kappa shape index (κ3) is 1.92. The topological polar surface area (TPSA) is 26.0 Å². The van der Waals surface area contributed by atoms with Gasteiger partial charge in [0.05, 0.1) is 21.6 Å². The molecule has 5 unspecified atom stereocenters. The summed E-state index contributed by atoms with van der Waals surface area (Å²) >= 11 is 44.5. The lowest BCUT2D eigenvalue weighted by atomic mass is 9.84. The molecule has 5 atom stereocenters. The Morgan fingerprint density at radius 1 is 1.00 bits per heavy atom. The molecule has 3 aliphatic rings. The second kappa shape index (κ2) is 5.62. The van der Waals surface area contributed by atoms with E-state index in [2.05, 4.69) is 9.40 Å². The van der Waals surface area contributed by atoms with Gasteiger partial charge >= 0.3 is 0 Å². The fourth-order valence-corrected chi connectivity index (χ4v) is 6.77. The first-order valence-electron chi connectivity index (χ1n) is 6.17. The molecule has 0 radical (unpaired) electrons. The lowest BCUT2D eigenvalue weighted by Crippen LogP contribution is -2.45. The number of alkyl halides is 5. The molecule has 1 aromatic heterocycles. The van der Waals surface area contributed by atoms with Crippen LogP contribution >= 0.6 is 81.2 Å². The fourth-order valence-electron chi connectivity index (χ4n) is 3.26. The molecule has 9 heteroatoms. The summed E-state index contributed by atoms with van der Waals surface area (Å²) in [5, 5.41) is 0.113. The van der Waals surface area contributed by atoms with Gasteiger partial charge in [0.2, 0.25) is 0 Å². The third-order valence-electron chi connectivity index (χ3n) is 4.24. The summed E-state index contributed by atoms with van der Waals surface area (Å²) in [6.45, 7) is 0. The zero-order valence-corrected chi connectivity index (χ0v) is 15.9. The summed E-state index contributed by atoms with van der Waals surface area (Å²) < 4.78 is 2.99. The number of aromatic nitrogens is 1. The Hall–Kier alpha value is 0.720. The van der Waals surface area contributed by atoms with Crippen LogP contribution < -0.4 is 0 Å². The zero-order chi connectivity index (χ0) is 16.3. The van der Waals surface area contributed by atoms with Crippen molar-refractivity contribution in [2.45, 2.75) is 19.5 Å². The summed E-state index contributed by atoms with van der Waals surface area (Å²) in [6.07, 6.45) is 8.17. The highest BCUT2D eigenvalue weighted by Crippen LogP contribution is 2.78. The smallest absolute Gasteiger partial charge is 0.180 e. The van der Waals surface area contributed by atoms with E-state index in [4.69, 9.17) is 81.2 Å². The monoisotopic (exact) mass is 439 g/mol.